The number of amides is 1. The number of halogens is 2. The molecule has 2 N–H and O–H groups in total. The minimum absolute atomic E-state index is 0. The third kappa shape index (κ3) is 5.33. The quantitative estimate of drug-likeness (QED) is 0.684. The summed E-state index contributed by atoms with van der Waals surface area (Å²) in [6.07, 6.45) is 3.05. The van der Waals surface area contributed by atoms with E-state index in [0.717, 1.165) is 25.9 Å². The van der Waals surface area contributed by atoms with E-state index in [1.165, 1.54) is 16.9 Å². The molecular formula is C20H28ClFN6O2. The lowest BCUT2D eigenvalue weighted by molar-refractivity contribution is -0.124. The van der Waals surface area contributed by atoms with E-state index in [1.807, 2.05) is 0 Å². The van der Waals surface area contributed by atoms with Crippen molar-refractivity contribution in [3.63, 3.8) is 0 Å². The number of hydrogen-bond donors (Lipinski definition) is 2. The highest BCUT2D eigenvalue weighted by molar-refractivity contribution is 5.85. The third-order valence-corrected chi connectivity index (χ3v) is 5.99. The van der Waals surface area contributed by atoms with Crippen molar-refractivity contribution >= 4 is 18.3 Å². The molecule has 10 heteroatoms. The van der Waals surface area contributed by atoms with Crippen LogP contribution in [0.25, 0.3) is 11.4 Å². The number of benzene rings is 1. The minimum atomic E-state index is -0.305. The zero-order valence-electron chi connectivity index (χ0n) is 17.0. The number of aryl methyl sites for hydroxylation is 1. The largest absolute Gasteiger partial charge is 0.379 e. The molecule has 2 heterocycles. The molecule has 0 bridgehead atoms. The number of ether oxygens (including phenoxy) is 1. The summed E-state index contributed by atoms with van der Waals surface area (Å²) >= 11 is 0. The highest BCUT2D eigenvalue weighted by Gasteiger charge is 2.40. The lowest BCUT2D eigenvalue weighted by Crippen LogP contribution is -2.50. The molecule has 1 saturated carbocycles. The molecule has 0 radical (unpaired) electrons. The Morgan fingerprint density at radius 1 is 1.27 bits per heavy atom. The van der Waals surface area contributed by atoms with E-state index < -0.39 is 0 Å². The summed E-state index contributed by atoms with van der Waals surface area (Å²) in [6.45, 7) is 2.58. The molecule has 30 heavy (non-hydrogen) atoms. The number of nitrogens with one attached hydrogen (secondary N) is 2. The van der Waals surface area contributed by atoms with E-state index >= 15 is 0 Å². The summed E-state index contributed by atoms with van der Waals surface area (Å²) in [5.41, 5.74) is 0.706. The lowest BCUT2D eigenvalue weighted by Gasteiger charge is -2.37. The van der Waals surface area contributed by atoms with Gasteiger partial charge in [0, 0.05) is 19.1 Å². The average molecular weight is 439 g/mol. The van der Waals surface area contributed by atoms with Crippen LogP contribution in [-0.2, 0) is 16.1 Å². The Morgan fingerprint density at radius 2 is 2.00 bits per heavy atom. The fourth-order valence-corrected chi connectivity index (χ4v) is 4.40. The fourth-order valence-electron chi connectivity index (χ4n) is 4.40. The number of hydrogen-bond acceptors (Lipinski definition) is 6. The van der Waals surface area contributed by atoms with Crippen LogP contribution in [0.4, 0.5) is 4.39 Å². The van der Waals surface area contributed by atoms with Crippen LogP contribution in [0, 0.1) is 17.7 Å². The van der Waals surface area contributed by atoms with Gasteiger partial charge in [0.15, 0.2) is 0 Å². The summed E-state index contributed by atoms with van der Waals surface area (Å²) in [6, 6.07) is 6.03. The van der Waals surface area contributed by atoms with Gasteiger partial charge in [0.05, 0.1) is 18.7 Å². The Hall–Kier alpha value is -2.10. The second kappa shape index (κ2) is 10.3. The van der Waals surface area contributed by atoms with Gasteiger partial charge in [-0.25, -0.2) is 4.39 Å². The number of fused-ring (bicyclic) bond motifs is 1. The lowest BCUT2D eigenvalue weighted by atomic mass is 9.77. The Balaban J connectivity index is 0.00000256. The van der Waals surface area contributed by atoms with Crippen molar-refractivity contribution < 1.29 is 13.9 Å². The van der Waals surface area contributed by atoms with E-state index in [2.05, 4.69) is 26.0 Å². The monoisotopic (exact) mass is 438 g/mol. The van der Waals surface area contributed by atoms with Gasteiger partial charge < -0.3 is 15.4 Å². The summed E-state index contributed by atoms with van der Waals surface area (Å²) in [5, 5.41) is 18.9. The van der Waals surface area contributed by atoms with Crippen LogP contribution in [0.2, 0.25) is 0 Å². The maximum Gasteiger partial charge on any atom is 0.220 e. The van der Waals surface area contributed by atoms with Crippen molar-refractivity contribution in [2.75, 3.05) is 20.2 Å². The maximum absolute atomic E-state index is 13.0. The van der Waals surface area contributed by atoms with Gasteiger partial charge in [0.1, 0.15) is 5.82 Å². The van der Waals surface area contributed by atoms with Crippen LogP contribution in [0.1, 0.15) is 25.7 Å². The van der Waals surface area contributed by atoms with Crippen LogP contribution in [-0.4, -0.2) is 58.5 Å². The van der Waals surface area contributed by atoms with Crippen LogP contribution >= 0.6 is 12.4 Å². The van der Waals surface area contributed by atoms with Gasteiger partial charge in [-0.15, -0.1) is 22.6 Å². The zero-order chi connectivity index (χ0) is 20.2. The van der Waals surface area contributed by atoms with E-state index in [0.29, 0.717) is 42.6 Å². The number of carbonyl (C=O) groups is 1. The molecule has 0 unspecified atom stereocenters. The average Bonchev–Trinajstić information content (AvgIpc) is 3.37. The first-order chi connectivity index (χ1) is 14.1. The van der Waals surface area contributed by atoms with E-state index in [1.54, 1.807) is 19.2 Å². The molecule has 2 fully saturated rings. The van der Waals surface area contributed by atoms with Crippen LogP contribution in [0.15, 0.2) is 24.3 Å². The predicted octanol–water partition coefficient (Wildman–Crippen LogP) is 1.81. The third-order valence-electron chi connectivity index (χ3n) is 5.99. The first kappa shape index (κ1) is 22.6. The fraction of sp³-hybridized carbons (Fsp3) is 0.600. The van der Waals surface area contributed by atoms with Crippen LogP contribution in [0.5, 0.6) is 0 Å². The van der Waals surface area contributed by atoms with Gasteiger partial charge in [0.2, 0.25) is 11.7 Å². The zero-order valence-corrected chi connectivity index (χ0v) is 17.8. The number of nitrogens with zero attached hydrogens (tertiary/aromatic N) is 4. The molecule has 1 aliphatic carbocycles. The number of methoxy groups -OCH3 is 1. The van der Waals surface area contributed by atoms with Crippen molar-refractivity contribution in [3.05, 3.63) is 30.1 Å². The molecule has 1 aromatic carbocycles. The van der Waals surface area contributed by atoms with Crippen molar-refractivity contribution in [1.82, 2.24) is 30.8 Å². The van der Waals surface area contributed by atoms with Gasteiger partial charge in [-0.1, -0.05) is 0 Å². The molecule has 1 aliphatic heterocycles. The standard InChI is InChI=1S/C20H27FN6O2.ClH/c1-29-18-10-15-12-22-11-14(15)9-17(18)23-19(28)3-2-8-27-25-20(24-26-27)13-4-6-16(21)7-5-13;/h4-7,14-15,17-18,22H,2-3,8-12H2,1H3,(H,23,28);1H/t14-,15+,17-,18-;/m0./s1. The molecule has 1 aromatic heterocycles. The molecule has 4 rings (SSSR count). The molecule has 1 saturated heterocycles. The van der Waals surface area contributed by atoms with Crippen molar-refractivity contribution in [1.29, 1.82) is 0 Å². The van der Waals surface area contributed by atoms with Crippen LogP contribution in [0.3, 0.4) is 0 Å². The molecule has 8 nitrogen and oxygen atoms in total. The van der Waals surface area contributed by atoms with Crippen molar-refractivity contribution in [3.8, 4) is 11.4 Å². The summed E-state index contributed by atoms with van der Waals surface area (Å²) in [5.74, 6) is 1.44. The highest BCUT2D eigenvalue weighted by atomic mass is 35.5. The summed E-state index contributed by atoms with van der Waals surface area (Å²) in [7, 11) is 1.72. The van der Waals surface area contributed by atoms with E-state index in [9.17, 15) is 9.18 Å². The first-order valence-corrected chi connectivity index (χ1v) is 10.2. The molecule has 1 amide bonds. The molecule has 4 atom stereocenters. The second-order valence-electron chi connectivity index (χ2n) is 7.92. The number of tetrazole rings is 1. The van der Waals surface area contributed by atoms with E-state index in [-0.39, 0.29) is 36.3 Å². The number of aromatic nitrogens is 4. The second-order valence-corrected chi connectivity index (χ2v) is 7.92. The highest BCUT2D eigenvalue weighted by Crippen LogP contribution is 2.34. The Labute approximate surface area is 181 Å². The maximum atomic E-state index is 13.0. The van der Waals surface area contributed by atoms with E-state index in [4.69, 9.17) is 4.74 Å². The smallest absolute Gasteiger partial charge is 0.220 e. The minimum Gasteiger partial charge on any atom is -0.379 e. The van der Waals surface area contributed by atoms with Crippen molar-refractivity contribution in [2.45, 2.75) is 44.4 Å². The van der Waals surface area contributed by atoms with Crippen LogP contribution < -0.4 is 10.6 Å². The van der Waals surface area contributed by atoms with Crippen molar-refractivity contribution in [2.24, 2.45) is 11.8 Å². The predicted molar refractivity (Wildman–Crippen MR) is 112 cm³/mol. The number of rotatable bonds is 7. The first-order valence-electron chi connectivity index (χ1n) is 10.2. The molecule has 164 valence electrons. The Bertz CT molecular complexity index is 833. The summed E-state index contributed by atoms with van der Waals surface area (Å²) < 4.78 is 18.7. The Kier molecular flexibility index (Phi) is 7.74. The topological polar surface area (TPSA) is 94.0 Å². The Morgan fingerprint density at radius 3 is 2.73 bits per heavy atom. The normalized spacial score (nSPS) is 25.4. The van der Waals surface area contributed by atoms with Gasteiger partial charge in [-0.05, 0) is 73.7 Å². The van der Waals surface area contributed by atoms with Gasteiger partial charge >= 0.3 is 0 Å². The van der Waals surface area contributed by atoms with Gasteiger partial charge in [0.25, 0.3) is 0 Å². The van der Waals surface area contributed by atoms with Gasteiger partial charge in [-0.2, -0.15) is 4.80 Å². The van der Waals surface area contributed by atoms with Gasteiger partial charge in [-0.3, -0.25) is 4.79 Å². The molecule has 0 spiro atoms. The summed E-state index contributed by atoms with van der Waals surface area (Å²) in [4.78, 5) is 13.9. The number of carbonyl (C=O) groups excluding carboxylic acids is 1. The molecular weight excluding hydrogens is 411 g/mol. The SMILES string of the molecule is CO[C@H]1C[C@@H]2CNC[C@@H]2C[C@@H]1NC(=O)CCCn1nnc(-c2ccc(F)cc2)n1.Cl. The molecule has 2 aromatic rings. The molecule has 2 aliphatic rings.